The Labute approximate surface area is 173 Å². The van der Waals surface area contributed by atoms with Crippen LogP contribution in [0.5, 0.6) is 0 Å². The molecular formula is C25H19NO4. The van der Waals surface area contributed by atoms with Crippen molar-refractivity contribution >= 4 is 17.8 Å². The molecule has 5 heteroatoms. The Balaban J connectivity index is 1.24. The molecule has 5 nitrogen and oxygen atoms in total. The second-order valence-electron chi connectivity index (χ2n) is 7.46. The zero-order valence-corrected chi connectivity index (χ0v) is 16.2. The lowest BCUT2D eigenvalue weighted by molar-refractivity contribution is -0.147. The highest BCUT2D eigenvalue weighted by Crippen LogP contribution is 2.45. The molecule has 3 aromatic carbocycles. The van der Waals surface area contributed by atoms with Crippen LogP contribution in [-0.2, 0) is 9.53 Å². The molecule has 5 rings (SSSR count). The Kier molecular flexibility index (Phi) is 4.43. The highest BCUT2D eigenvalue weighted by molar-refractivity contribution is 6.21. The van der Waals surface area contributed by atoms with E-state index in [1.807, 2.05) is 48.5 Å². The lowest BCUT2D eigenvalue weighted by Gasteiger charge is -2.16. The predicted molar refractivity (Wildman–Crippen MR) is 111 cm³/mol. The number of carbonyl (C=O) groups excluding carboxylic acids is 3. The quantitative estimate of drug-likeness (QED) is 0.474. The summed E-state index contributed by atoms with van der Waals surface area (Å²) in [4.78, 5) is 38.6. The smallest absolute Gasteiger partial charge is 0.306 e. The number of carbonyl (C=O) groups is 3. The van der Waals surface area contributed by atoms with Gasteiger partial charge < -0.3 is 4.74 Å². The van der Waals surface area contributed by atoms with Crippen molar-refractivity contribution < 1.29 is 19.1 Å². The van der Waals surface area contributed by atoms with Crippen LogP contribution in [0.15, 0.2) is 72.8 Å². The van der Waals surface area contributed by atoms with E-state index < -0.39 is 6.10 Å². The second-order valence-corrected chi connectivity index (χ2v) is 7.46. The molecule has 0 saturated heterocycles. The Bertz CT molecular complexity index is 1100. The van der Waals surface area contributed by atoms with Crippen molar-refractivity contribution in [3.63, 3.8) is 0 Å². The van der Waals surface area contributed by atoms with Crippen molar-refractivity contribution in [2.24, 2.45) is 0 Å². The minimum atomic E-state index is -0.427. The first-order valence-corrected chi connectivity index (χ1v) is 9.98. The normalized spacial score (nSPS) is 14.5. The summed E-state index contributed by atoms with van der Waals surface area (Å²) in [6, 6.07) is 22.6. The highest BCUT2D eigenvalue weighted by Gasteiger charge is 2.35. The first-order chi connectivity index (χ1) is 14.6. The van der Waals surface area contributed by atoms with Crippen LogP contribution in [0, 0.1) is 0 Å². The molecule has 148 valence electrons. The number of rotatable bonds is 5. The molecule has 0 aromatic heterocycles. The average Bonchev–Trinajstić information content (AvgIpc) is 3.22. The molecule has 0 radical (unpaired) electrons. The molecule has 0 fully saturated rings. The van der Waals surface area contributed by atoms with Gasteiger partial charge >= 0.3 is 5.97 Å². The van der Waals surface area contributed by atoms with Crippen LogP contribution in [-0.4, -0.2) is 29.2 Å². The van der Waals surface area contributed by atoms with Gasteiger partial charge in [0, 0.05) is 24.1 Å². The van der Waals surface area contributed by atoms with Gasteiger partial charge in [0.2, 0.25) is 0 Å². The Morgan fingerprint density at radius 2 is 1.20 bits per heavy atom. The summed E-state index contributed by atoms with van der Waals surface area (Å²) in [7, 11) is 0. The maximum atomic E-state index is 12.6. The molecule has 3 aromatic rings. The van der Waals surface area contributed by atoms with E-state index >= 15 is 0 Å². The number of nitrogens with zero attached hydrogens (tertiary/aromatic N) is 1. The molecule has 0 saturated carbocycles. The maximum Gasteiger partial charge on any atom is 0.306 e. The summed E-state index contributed by atoms with van der Waals surface area (Å²) in [5.41, 5.74) is 4.96. The molecule has 0 N–H and O–H groups in total. The van der Waals surface area contributed by atoms with E-state index in [1.54, 1.807) is 24.3 Å². The van der Waals surface area contributed by atoms with Crippen LogP contribution in [0.2, 0.25) is 0 Å². The van der Waals surface area contributed by atoms with Crippen molar-refractivity contribution in [2.45, 2.75) is 18.9 Å². The van der Waals surface area contributed by atoms with Crippen molar-refractivity contribution in [3.8, 4) is 11.1 Å². The molecular weight excluding hydrogens is 378 g/mol. The summed E-state index contributed by atoms with van der Waals surface area (Å²) >= 11 is 0. The fourth-order valence-corrected chi connectivity index (χ4v) is 4.25. The Morgan fingerprint density at radius 1 is 0.733 bits per heavy atom. The molecule has 1 aliphatic carbocycles. The van der Waals surface area contributed by atoms with Crippen LogP contribution < -0.4 is 0 Å². The molecule has 1 aliphatic heterocycles. The van der Waals surface area contributed by atoms with Gasteiger partial charge in [0.05, 0.1) is 11.1 Å². The summed E-state index contributed by atoms with van der Waals surface area (Å²) < 4.78 is 5.82. The van der Waals surface area contributed by atoms with Crippen LogP contribution in [0.1, 0.15) is 50.8 Å². The van der Waals surface area contributed by atoms with E-state index in [0.717, 1.165) is 22.3 Å². The minimum Gasteiger partial charge on any atom is -0.452 e. The number of ether oxygens (including phenoxy) is 1. The second kappa shape index (κ2) is 7.26. The molecule has 0 spiro atoms. The first-order valence-electron chi connectivity index (χ1n) is 9.98. The van der Waals surface area contributed by atoms with Crippen molar-refractivity contribution in [2.75, 3.05) is 6.54 Å². The van der Waals surface area contributed by atoms with Crippen LogP contribution in [0.4, 0.5) is 0 Å². The number of benzene rings is 3. The number of hydrogen-bond acceptors (Lipinski definition) is 4. The van der Waals surface area contributed by atoms with Crippen LogP contribution >= 0.6 is 0 Å². The Hall–Kier alpha value is -3.73. The summed E-state index contributed by atoms with van der Waals surface area (Å²) in [6.07, 6.45) is 0.0679. The van der Waals surface area contributed by atoms with Gasteiger partial charge in [-0.15, -0.1) is 0 Å². The number of amides is 2. The van der Waals surface area contributed by atoms with E-state index in [1.165, 1.54) is 4.90 Å². The van der Waals surface area contributed by atoms with Gasteiger partial charge in [-0.3, -0.25) is 19.3 Å². The van der Waals surface area contributed by atoms with Gasteiger partial charge in [-0.1, -0.05) is 60.7 Å². The van der Waals surface area contributed by atoms with Crippen molar-refractivity contribution in [1.82, 2.24) is 4.90 Å². The Morgan fingerprint density at radius 3 is 1.73 bits per heavy atom. The van der Waals surface area contributed by atoms with E-state index in [4.69, 9.17) is 4.74 Å². The largest absolute Gasteiger partial charge is 0.452 e. The third kappa shape index (κ3) is 2.90. The topological polar surface area (TPSA) is 63.7 Å². The zero-order chi connectivity index (χ0) is 20.7. The van der Waals surface area contributed by atoms with Gasteiger partial charge in [-0.25, -0.2) is 0 Å². The molecule has 30 heavy (non-hydrogen) atoms. The van der Waals surface area contributed by atoms with Crippen molar-refractivity contribution in [1.29, 1.82) is 0 Å². The first kappa shape index (κ1) is 18.3. The number of imide groups is 1. The van der Waals surface area contributed by atoms with Gasteiger partial charge in [-0.2, -0.15) is 0 Å². The fraction of sp³-hybridized carbons (Fsp3) is 0.160. The molecule has 0 atom stereocenters. The van der Waals surface area contributed by atoms with E-state index in [0.29, 0.717) is 17.5 Å². The van der Waals surface area contributed by atoms with Gasteiger partial charge in [0.1, 0.15) is 0 Å². The predicted octanol–water partition coefficient (Wildman–Crippen LogP) is 4.38. The molecule has 1 heterocycles. The number of fused-ring (bicyclic) bond motifs is 4. The molecule has 0 unspecified atom stereocenters. The number of esters is 1. The summed E-state index contributed by atoms with van der Waals surface area (Å²) in [5, 5.41) is 0. The van der Waals surface area contributed by atoms with Gasteiger partial charge in [0.25, 0.3) is 11.8 Å². The molecule has 2 aliphatic rings. The third-order valence-corrected chi connectivity index (χ3v) is 5.67. The average molecular weight is 397 g/mol. The SMILES string of the molecule is O=C(CCCN1C(=O)c2ccccc2C1=O)OC1c2ccccc2-c2ccccc21. The third-order valence-electron chi connectivity index (χ3n) is 5.67. The van der Waals surface area contributed by atoms with E-state index in [9.17, 15) is 14.4 Å². The lowest BCUT2D eigenvalue weighted by Crippen LogP contribution is -2.31. The maximum absolute atomic E-state index is 12.6. The molecule has 0 bridgehead atoms. The van der Waals surface area contributed by atoms with E-state index in [2.05, 4.69) is 0 Å². The van der Waals surface area contributed by atoms with Crippen LogP contribution in [0.3, 0.4) is 0 Å². The monoisotopic (exact) mass is 397 g/mol. The zero-order valence-electron chi connectivity index (χ0n) is 16.2. The molecule has 2 amide bonds. The van der Waals surface area contributed by atoms with Crippen molar-refractivity contribution in [3.05, 3.63) is 95.1 Å². The summed E-state index contributed by atoms with van der Waals surface area (Å²) in [5.74, 6) is -0.951. The highest BCUT2D eigenvalue weighted by atomic mass is 16.5. The standard InChI is InChI=1S/C25H19NO4/c27-22(14-7-15-26-24(28)20-12-5-6-13-21(20)25(26)29)30-23-18-10-3-1-8-16(18)17-9-2-4-11-19(17)23/h1-6,8-13,23H,7,14-15H2. The minimum absolute atomic E-state index is 0.133. The fourth-order valence-electron chi connectivity index (χ4n) is 4.25. The number of hydrogen-bond donors (Lipinski definition) is 0. The lowest BCUT2D eigenvalue weighted by atomic mass is 10.1. The van der Waals surface area contributed by atoms with Gasteiger partial charge in [0.15, 0.2) is 6.10 Å². The van der Waals surface area contributed by atoms with Crippen LogP contribution in [0.25, 0.3) is 11.1 Å². The summed E-state index contributed by atoms with van der Waals surface area (Å²) in [6.45, 7) is 0.194. The van der Waals surface area contributed by atoms with E-state index in [-0.39, 0.29) is 30.7 Å². The van der Waals surface area contributed by atoms with Gasteiger partial charge in [-0.05, 0) is 29.7 Å².